The van der Waals surface area contributed by atoms with Crippen LogP contribution in [0, 0.1) is 17.8 Å². The molecule has 1 aliphatic carbocycles. The van der Waals surface area contributed by atoms with Crippen LogP contribution in [0.25, 0.3) is 0 Å². The van der Waals surface area contributed by atoms with Gasteiger partial charge in [-0.15, -0.1) is 0 Å². The van der Waals surface area contributed by atoms with E-state index >= 15 is 0 Å². The van der Waals surface area contributed by atoms with Gasteiger partial charge in [-0.2, -0.15) is 0 Å². The second-order valence-corrected chi connectivity index (χ2v) is 8.25. The Balaban J connectivity index is 2.73. The summed E-state index contributed by atoms with van der Waals surface area (Å²) in [6.45, 7) is 5.01. The molecule has 7 N–H and O–H groups in total. The number of amides is 2. The van der Waals surface area contributed by atoms with Gasteiger partial charge in [-0.3, -0.25) is 14.4 Å². The average Bonchev–Trinajstić information content (AvgIpc) is 2.67. The fourth-order valence-corrected chi connectivity index (χ4v) is 3.72. The second kappa shape index (κ2) is 12.1. The smallest absolute Gasteiger partial charge is 0.245 e. The molecule has 0 aliphatic heterocycles. The van der Waals surface area contributed by atoms with Gasteiger partial charge >= 0.3 is 0 Å². The maximum absolute atomic E-state index is 12.7. The number of rotatable bonds is 11. The summed E-state index contributed by atoms with van der Waals surface area (Å²) in [5.74, 6) is -1.37. The van der Waals surface area contributed by atoms with Crippen LogP contribution in [0.5, 0.6) is 0 Å². The summed E-state index contributed by atoms with van der Waals surface area (Å²) in [5, 5.41) is 15.2. The van der Waals surface area contributed by atoms with E-state index in [1.54, 1.807) is 13.8 Å². The normalized spacial score (nSPS) is 19.5. The molecule has 1 fully saturated rings. The first kappa shape index (κ1) is 24.5. The molecule has 1 saturated carbocycles. The maximum atomic E-state index is 12.7. The molecular formula is C20H38N4O4. The van der Waals surface area contributed by atoms with Crippen LogP contribution in [0.3, 0.4) is 0 Å². The molecule has 0 bridgehead atoms. The number of aliphatic hydroxyl groups is 1. The van der Waals surface area contributed by atoms with E-state index in [1.807, 2.05) is 0 Å². The highest BCUT2D eigenvalue weighted by atomic mass is 16.3. The molecule has 162 valence electrons. The molecule has 28 heavy (non-hydrogen) atoms. The molecule has 4 atom stereocenters. The van der Waals surface area contributed by atoms with E-state index in [4.69, 9.17) is 11.5 Å². The first-order valence-corrected chi connectivity index (χ1v) is 10.4. The van der Waals surface area contributed by atoms with Crippen molar-refractivity contribution in [3.8, 4) is 0 Å². The van der Waals surface area contributed by atoms with Crippen molar-refractivity contribution < 1.29 is 19.5 Å². The Labute approximate surface area is 168 Å². The minimum absolute atomic E-state index is 0.0453. The van der Waals surface area contributed by atoms with E-state index in [1.165, 1.54) is 26.2 Å². The number of hydrogen-bond donors (Lipinski definition) is 5. The van der Waals surface area contributed by atoms with Gasteiger partial charge in [0.25, 0.3) is 0 Å². The summed E-state index contributed by atoms with van der Waals surface area (Å²) in [7, 11) is 0. The van der Waals surface area contributed by atoms with Gasteiger partial charge in [0.1, 0.15) is 6.04 Å². The zero-order chi connectivity index (χ0) is 21.3. The fraction of sp³-hybridized carbons (Fsp3) is 0.850. The average molecular weight is 399 g/mol. The van der Waals surface area contributed by atoms with Crippen LogP contribution >= 0.6 is 0 Å². The van der Waals surface area contributed by atoms with Crippen LogP contribution in [0.1, 0.15) is 59.3 Å². The lowest BCUT2D eigenvalue weighted by Gasteiger charge is -2.28. The number of aliphatic hydroxyl groups excluding tert-OH is 1. The molecule has 0 saturated heterocycles. The third-order valence-electron chi connectivity index (χ3n) is 5.53. The lowest BCUT2D eigenvalue weighted by atomic mass is 9.82. The van der Waals surface area contributed by atoms with E-state index in [2.05, 4.69) is 10.6 Å². The molecule has 1 rings (SSSR count). The van der Waals surface area contributed by atoms with Gasteiger partial charge < -0.3 is 27.2 Å². The zero-order valence-corrected chi connectivity index (χ0v) is 17.4. The Hall–Kier alpha value is -1.51. The Kier molecular flexibility index (Phi) is 10.6. The van der Waals surface area contributed by atoms with E-state index in [0.717, 1.165) is 12.8 Å². The largest absolute Gasteiger partial charge is 0.391 e. The van der Waals surface area contributed by atoms with Crippen molar-refractivity contribution in [2.24, 2.45) is 29.2 Å². The van der Waals surface area contributed by atoms with Crippen LogP contribution < -0.4 is 22.1 Å². The highest BCUT2D eigenvalue weighted by molar-refractivity contribution is 5.94. The fourth-order valence-electron chi connectivity index (χ4n) is 3.72. The van der Waals surface area contributed by atoms with Crippen LogP contribution in [-0.4, -0.2) is 54.0 Å². The van der Waals surface area contributed by atoms with Crippen LogP contribution in [0.4, 0.5) is 0 Å². The van der Waals surface area contributed by atoms with E-state index in [9.17, 15) is 19.5 Å². The standard InChI is InChI=1S/C20H38N4O4/c1-12(2)18(26)16(11-22)23-20(28)17(13(3)25)24-19(27)15(10-21)9-14-7-5-4-6-8-14/h12-17,25H,4-11,21-22H2,1-3H3,(H,23,28)(H,24,27)/t13-,15?,16-,17-/m0/s1. The Morgan fingerprint density at radius 2 is 1.57 bits per heavy atom. The van der Waals surface area contributed by atoms with Crippen molar-refractivity contribution in [2.45, 2.75) is 77.5 Å². The highest BCUT2D eigenvalue weighted by Crippen LogP contribution is 2.29. The van der Waals surface area contributed by atoms with Crippen LogP contribution in [0.2, 0.25) is 0 Å². The molecule has 1 aliphatic rings. The van der Waals surface area contributed by atoms with Crippen molar-refractivity contribution in [2.75, 3.05) is 13.1 Å². The first-order valence-electron chi connectivity index (χ1n) is 10.4. The zero-order valence-electron chi connectivity index (χ0n) is 17.4. The molecule has 0 aromatic rings. The number of nitrogens with two attached hydrogens (primary N) is 2. The topological polar surface area (TPSA) is 148 Å². The highest BCUT2D eigenvalue weighted by Gasteiger charge is 2.32. The summed E-state index contributed by atoms with van der Waals surface area (Å²) in [6, 6.07) is -2.01. The lowest BCUT2D eigenvalue weighted by Crippen LogP contribution is -2.58. The minimum atomic E-state index is -1.16. The molecule has 8 heteroatoms. The first-order chi connectivity index (χ1) is 13.2. The number of nitrogens with one attached hydrogen (secondary N) is 2. The third kappa shape index (κ3) is 7.48. The number of carbonyl (C=O) groups excluding carboxylic acids is 3. The van der Waals surface area contributed by atoms with Crippen molar-refractivity contribution in [3.63, 3.8) is 0 Å². The Morgan fingerprint density at radius 3 is 2.04 bits per heavy atom. The van der Waals surface area contributed by atoms with Crippen molar-refractivity contribution >= 4 is 17.6 Å². The summed E-state index contributed by atoms with van der Waals surface area (Å²) in [4.78, 5) is 37.4. The van der Waals surface area contributed by atoms with Crippen LogP contribution in [-0.2, 0) is 14.4 Å². The van der Waals surface area contributed by atoms with Crippen molar-refractivity contribution in [3.05, 3.63) is 0 Å². The summed E-state index contributed by atoms with van der Waals surface area (Å²) in [6.07, 6.45) is 5.34. The molecular weight excluding hydrogens is 360 g/mol. The van der Waals surface area contributed by atoms with Gasteiger partial charge in [0.05, 0.1) is 18.1 Å². The third-order valence-corrected chi connectivity index (χ3v) is 5.53. The molecule has 0 heterocycles. The van der Waals surface area contributed by atoms with Crippen LogP contribution in [0.15, 0.2) is 0 Å². The lowest BCUT2D eigenvalue weighted by molar-refractivity contribution is -0.135. The predicted molar refractivity (Wildman–Crippen MR) is 108 cm³/mol. The second-order valence-electron chi connectivity index (χ2n) is 8.25. The van der Waals surface area contributed by atoms with Gasteiger partial charge in [-0.1, -0.05) is 46.0 Å². The summed E-state index contributed by atoms with van der Waals surface area (Å²) >= 11 is 0. The van der Waals surface area contributed by atoms with Crippen molar-refractivity contribution in [1.82, 2.24) is 10.6 Å². The Morgan fingerprint density at radius 1 is 0.964 bits per heavy atom. The van der Waals surface area contributed by atoms with E-state index < -0.39 is 30.0 Å². The summed E-state index contributed by atoms with van der Waals surface area (Å²) < 4.78 is 0. The summed E-state index contributed by atoms with van der Waals surface area (Å²) in [5.41, 5.74) is 11.4. The van der Waals surface area contributed by atoms with E-state index in [0.29, 0.717) is 12.3 Å². The molecule has 0 aromatic heterocycles. The van der Waals surface area contributed by atoms with E-state index in [-0.39, 0.29) is 30.7 Å². The van der Waals surface area contributed by atoms with Gasteiger partial charge in [0.15, 0.2) is 5.78 Å². The quantitative estimate of drug-likeness (QED) is 0.332. The van der Waals surface area contributed by atoms with Crippen molar-refractivity contribution in [1.29, 1.82) is 0 Å². The molecule has 8 nitrogen and oxygen atoms in total. The molecule has 0 aromatic carbocycles. The predicted octanol–water partition coefficient (Wildman–Crippen LogP) is 0.0659. The van der Waals surface area contributed by atoms with Gasteiger partial charge in [0, 0.05) is 19.0 Å². The molecule has 0 radical (unpaired) electrons. The van der Waals surface area contributed by atoms with Gasteiger partial charge in [-0.05, 0) is 19.3 Å². The number of hydrogen-bond acceptors (Lipinski definition) is 6. The monoisotopic (exact) mass is 398 g/mol. The number of Topliss-reactive ketones (excluding diaryl/α,β-unsaturated/α-hetero) is 1. The molecule has 1 unspecified atom stereocenters. The number of ketones is 1. The van der Waals surface area contributed by atoms with Gasteiger partial charge in [-0.25, -0.2) is 0 Å². The maximum Gasteiger partial charge on any atom is 0.245 e. The number of carbonyl (C=O) groups is 3. The molecule has 2 amide bonds. The Bertz CT molecular complexity index is 518. The van der Waals surface area contributed by atoms with Gasteiger partial charge in [0.2, 0.25) is 11.8 Å². The molecule has 0 spiro atoms. The SMILES string of the molecule is CC(C)C(=O)[C@H](CN)NC(=O)[C@@H](NC(=O)C(CN)CC1CCCCC1)[C@H](C)O. The minimum Gasteiger partial charge on any atom is -0.391 e.